The molecule has 35 heavy (non-hydrogen) atoms. The van der Waals surface area contributed by atoms with Gasteiger partial charge in [-0.15, -0.1) is 0 Å². The molecule has 188 valence electrons. The minimum Gasteiger partial charge on any atom is -0.334 e. The summed E-state index contributed by atoms with van der Waals surface area (Å²) in [6.07, 6.45) is -0.333. The number of carbonyl (C=O) groups is 1. The number of nitrogens with zero attached hydrogens (tertiary/aromatic N) is 6. The SMILES string of the molecule is C=S(C)(=O)Nc1cnn(C(=O)N2CCN(Cc3ccc(-c4nc(C)no4)cc3C(F)(F)F)CC2)c1. The topological polar surface area (TPSA) is 109 Å². The monoisotopic (exact) mass is 511 g/mol. The fourth-order valence-corrected chi connectivity index (χ4v) is 4.34. The summed E-state index contributed by atoms with van der Waals surface area (Å²) >= 11 is 0. The van der Waals surface area contributed by atoms with Gasteiger partial charge in [-0.1, -0.05) is 11.2 Å². The molecule has 1 aliphatic rings. The third-order valence-electron chi connectivity index (χ3n) is 5.34. The van der Waals surface area contributed by atoms with Crippen molar-refractivity contribution < 1.29 is 26.7 Å². The first kappa shape index (κ1) is 24.7. The lowest BCUT2D eigenvalue weighted by molar-refractivity contribution is -0.138. The molecule has 0 radical (unpaired) electrons. The van der Waals surface area contributed by atoms with Gasteiger partial charge in [0.25, 0.3) is 5.89 Å². The van der Waals surface area contributed by atoms with Crippen LogP contribution in [0.1, 0.15) is 17.0 Å². The first-order valence-corrected chi connectivity index (χ1v) is 12.7. The van der Waals surface area contributed by atoms with Gasteiger partial charge in [0, 0.05) is 54.3 Å². The van der Waals surface area contributed by atoms with Gasteiger partial charge in [-0.25, -0.2) is 9.00 Å². The average Bonchev–Trinajstić information content (AvgIpc) is 3.41. The predicted molar refractivity (Wildman–Crippen MR) is 124 cm³/mol. The van der Waals surface area contributed by atoms with Crippen LogP contribution in [0.4, 0.5) is 23.7 Å². The molecule has 0 spiro atoms. The summed E-state index contributed by atoms with van der Waals surface area (Å²) in [6, 6.07) is 3.59. The number of piperazine rings is 1. The van der Waals surface area contributed by atoms with E-state index in [0.717, 1.165) is 10.7 Å². The van der Waals surface area contributed by atoms with E-state index >= 15 is 0 Å². The van der Waals surface area contributed by atoms with E-state index in [1.165, 1.54) is 30.8 Å². The Hall–Kier alpha value is -3.39. The molecule has 0 bridgehead atoms. The van der Waals surface area contributed by atoms with Crippen molar-refractivity contribution in [2.75, 3.05) is 37.2 Å². The maximum absolute atomic E-state index is 13.8. The van der Waals surface area contributed by atoms with Crippen LogP contribution in [0.25, 0.3) is 11.5 Å². The highest BCUT2D eigenvalue weighted by molar-refractivity contribution is 8.00. The second kappa shape index (κ2) is 9.34. The van der Waals surface area contributed by atoms with Crippen molar-refractivity contribution in [3.63, 3.8) is 0 Å². The minimum atomic E-state index is -4.56. The second-order valence-corrected chi connectivity index (χ2v) is 10.6. The van der Waals surface area contributed by atoms with Crippen LogP contribution < -0.4 is 4.72 Å². The van der Waals surface area contributed by atoms with Crippen molar-refractivity contribution in [3.8, 4) is 11.5 Å². The van der Waals surface area contributed by atoms with Gasteiger partial charge >= 0.3 is 12.2 Å². The Kier molecular flexibility index (Phi) is 6.60. The van der Waals surface area contributed by atoms with Gasteiger partial charge in [0.1, 0.15) is 0 Å². The number of rotatable bonds is 5. The summed E-state index contributed by atoms with van der Waals surface area (Å²) in [5.41, 5.74) is -0.0449. The normalized spacial score (nSPS) is 16.8. The molecule has 1 aromatic carbocycles. The number of alkyl halides is 3. The molecule has 0 saturated carbocycles. The van der Waals surface area contributed by atoms with Gasteiger partial charge in [0.05, 0.1) is 23.6 Å². The predicted octanol–water partition coefficient (Wildman–Crippen LogP) is 2.72. The highest BCUT2D eigenvalue weighted by atomic mass is 32.2. The molecule has 1 atom stereocenters. The van der Waals surface area contributed by atoms with E-state index in [2.05, 4.69) is 25.8 Å². The van der Waals surface area contributed by atoms with Gasteiger partial charge in [-0.3, -0.25) is 4.90 Å². The Labute approximate surface area is 199 Å². The number of aryl methyl sites for hydroxylation is 1. The zero-order valence-electron chi connectivity index (χ0n) is 19.1. The fraction of sp³-hybridized carbons (Fsp3) is 0.381. The average molecular weight is 512 g/mol. The minimum absolute atomic E-state index is 0.0279. The number of benzene rings is 1. The number of amides is 1. The highest BCUT2D eigenvalue weighted by Gasteiger charge is 2.35. The maximum Gasteiger partial charge on any atom is 0.416 e. The smallest absolute Gasteiger partial charge is 0.334 e. The first-order valence-electron chi connectivity index (χ1n) is 10.6. The molecule has 10 nitrogen and oxygen atoms in total. The first-order chi connectivity index (χ1) is 16.4. The standard InChI is InChI=1S/C21H24F3N7O3S/c1-14-26-19(34-27-14)15-4-5-16(18(10-15)21(22,23)24)12-29-6-8-30(9-7-29)20(32)31-13-17(11-25-31)28-35(2,3)33/h4-5,10-11,13H,2,6-9,12H2,1,3H3,(H,28,33). The molecular formula is C21H24F3N7O3S. The van der Waals surface area contributed by atoms with Gasteiger partial charge in [-0.2, -0.15) is 27.9 Å². The van der Waals surface area contributed by atoms with Crippen molar-refractivity contribution in [2.24, 2.45) is 0 Å². The van der Waals surface area contributed by atoms with Gasteiger partial charge in [-0.05, 0) is 30.5 Å². The van der Waals surface area contributed by atoms with E-state index in [1.807, 2.05) is 4.90 Å². The van der Waals surface area contributed by atoms with Crippen LogP contribution in [0.5, 0.6) is 0 Å². The molecule has 1 unspecified atom stereocenters. The number of carbonyl (C=O) groups excluding carboxylic acids is 1. The molecular weight excluding hydrogens is 487 g/mol. The van der Waals surface area contributed by atoms with E-state index < -0.39 is 21.4 Å². The lowest BCUT2D eigenvalue weighted by atomic mass is 10.0. The molecule has 14 heteroatoms. The molecule has 3 aromatic rings. The number of hydrogen-bond acceptors (Lipinski definition) is 7. The Morgan fingerprint density at radius 3 is 2.57 bits per heavy atom. The lowest BCUT2D eigenvalue weighted by Gasteiger charge is -2.34. The zero-order chi connectivity index (χ0) is 25.4. The van der Waals surface area contributed by atoms with Crippen molar-refractivity contribution in [1.82, 2.24) is 29.7 Å². The maximum atomic E-state index is 13.8. The van der Waals surface area contributed by atoms with E-state index in [1.54, 1.807) is 11.8 Å². The Bertz CT molecular complexity index is 1330. The lowest BCUT2D eigenvalue weighted by Crippen LogP contribution is -2.49. The molecule has 1 N–H and O–H groups in total. The Morgan fingerprint density at radius 1 is 1.26 bits per heavy atom. The Balaban J connectivity index is 1.42. The third kappa shape index (κ3) is 6.00. The number of anilines is 1. The summed E-state index contributed by atoms with van der Waals surface area (Å²) in [5.74, 6) is 3.85. The summed E-state index contributed by atoms with van der Waals surface area (Å²) in [6.45, 7) is 3.09. The molecule has 2 aromatic heterocycles. The molecule has 1 aliphatic heterocycles. The Morgan fingerprint density at radius 2 is 1.97 bits per heavy atom. The van der Waals surface area contributed by atoms with Crippen LogP contribution in [0.15, 0.2) is 35.1 Å². The van der Waals surface area contributed by atoms with Gasteiger partial charge < -0.3 is 14.1 Å². The van der Waals surface area contributed by atoms with Crippen LogP contribution in [-0.4, -0.2) is 78.3 Å². The molecule has 4 rings (SSSR count). The van der Waals surface area contributed by atoms with E-state index in [-0.39, 0.29) is 29.6 Å². The molecule has 1 fully saturated rings. The molecule has 1 saturated heterocycles. The van der Waals surface area contributed by atoms with Crippen molar-refractivity contribution in [1.29, 1.82) is 0 Å². The quantitative estimate of drug-likeness (QED) is 0.525. The number of nitrogens with one attached hydrogen (secondary N) is 1. The number of halogens is 3. The van der Waals surface area contributed by atoms with E-state index in [0.29, 0.717) is 37.7 Å². The van der Waals surface area contributed by atoms with Crippen LogP contribution in [-0.2, 0) is 22.4 Å². The van der Waals surface area contributed by atoms with Crippen LogP contribution in [0.2, 0.25) is 0 Å². The molecule has 1 amide bonds. The largest absolute Gasteiger partial charge is 0.416 e. The van der Waals surface area contributed by atoms with Crippen LogP contribution >= 0.6 is 0 Å². The van der Waals surface area contributed by atoms with Crippen LogP contribution in [0.3, 0.4) is 0 Å². The van der Waals surface area contributed by atoms with Gasteiger partial charge in [0.15, 0.2) is 5.82 Å². The third-order valence-corrected chi connectivity index (χ3v) is 6.01. The summed E-state index contributed by atoms with van der Waals surface area (Å²) in [7, 11) is -2.51. The van der Waals surface area contributed by atoms with Gasteiger partial charge in [0.2, 0.25) is 0 Å². The van der Waals surface area contributed by atoms with E-state index in [4.69, 9.17) is 4.52 Å². The fourth-order valence-electron chi connectivity index (χ4n) is 3.74. The van der Waals surface area contributed by atoms with Crippen molar-refractivity contribution in [3.05, 3.63) is 47.5 Å². The van der Waals surface area contributed by atoms with Crippen LogP contribution in [0, 0.1) is 6.92 Å². The second-order valence-electron chi connectivity index (χ2n) is 8.34. The number of aromatic nitrogens is 4. The molecule has 3 heterocycles. The summed E-state index contributed by atoms with van der Waals surface area (Å²) < 4.78 is 61.9. The highest BCUT2D eigenvalue weighted by Crippen LogP contribution is 2.35. The van der Waals surface area contributed by atoms with Crippen molar-refractivity contribution >= 4 is 27.3 Å². The molecule has 0 aliphatic carbocycles. The number of hydrogen-bond donors (Lipinski definition) is 1. The van der Waals surface area contributed by atoms with Crippen molar-refractivity contribution in [2.45, 2.75) is 19.6 Å². The zero-order valence-corrected chi connectivity index (χ0v) is 19.9. The summed E-state index contributed by atoms with van der Waals surface area (Å²) in [4.78, 5) is 20.1. The van der Waals surface area contributed by atoms with E-state index in [9.17, 15) is 22.2 Å². The summed E-state index contributed by atoms with van der Waals surface area (Å²) in [5, 5.41) is 7.62.